The maximum atomic E-state index is 12.4. The molecular weight excluding hydrogens is 326 g/mol. The Hall–Kier alpha value is -2.62. The molecule has 2 aromatic rings. The van der Waals surface area contributed by atoms with Crippen LogP contribution in [0.25, 0.3) is 11.1 Å². The molecule has 0 saturated heterocycles. The van der Waals surface area contributed by atoms with Gasteiger partial charge in [0.25, 0.3) is 0 Å². The molecule has 2 N–H and O–H groups in total. The van der Waals surface area contributed by atoms with Gasteiger partial charge in [-0.3, -0.25) is 4.79 Å². The standard InChI is InChI=1S/C22H25NO3/c24-21(19-9-5-2-6-10-19)23-20(22(25)26)15-16-11-13-18(14-12-16)17-7-3-1-4-8-17/h1,3-4,7-8,11-14,19-20H,2,5-6,9-10,15H2,(H,23,24)(H,25,26)/t20-/m1/s1. The average molecular weight is 351 g/mol. The van der Waals surface area contributed by atoms with Gasteiger partial charge in [0.1, 0.15) is 6.04 Å². The molecule has 1 fully saturated rings. The summed E-state index contributed by atoms with van der Waals surface area (Å²) in [4.78, 5) is 24.0. The van der Waals surface area contributed by atoms with Gasteiger partial charge in [0.15, 0.2) is 0 Å². The number of carbonyl (C=O) groups excluding carboxylic acids is 1. The van der Waals surface area contributed by atoms with E-state index in [0.29, 0.717) is 6.42 Å². The molecule has 0 aromatic heterocycles. The molecule has 136 valence electrons. The van der Waals surface area contributed by atoms with Crippen molar-refractivity contribution in [1.29, 1.82) is 0 Å². The number of aliphatic carboxylic acids is 1. The summed E-state index contributed by atoms with van der Waals surface area (Å²) in [5.74, 6) is -1.13. The molecule has 0 heterocycles. The Morgan fingerprint density at radius 3 is 2.15 bits per heavy atom. The van der Waals surface area contributed by atoms with Crippen molar-refractivity contribution in [2.45, 2.75) is 44.6 Å². The molecule has 1 aliphatic rings. The summed E-state index contributed by atoms with van der Waals surface area (Å²) >= 11 is 0. The lowest BCUT2D eigenvalue weighted by Crippen LogP contribution is -2.45. The summed E-state index contributed by atoms with van der Waals surface area (Å²) in [6, 6.07) is 17.0. The lowest BCUT2D eigenvalue weighted by molar-refractivity contribution is -0.142. The van der Waals surface area contributed by atoms with Crippen molar-refractivity contribution < 1.29 is 14.7 Å². The molecule has 0 bridgehead atoms. The Kier molecular flexibility index (Phi) is 6.05. The molecule has 4 nitrogen and oxygen atoms in total. The van der Waals surface area contributed by atoms with E-state index in [-0.39, 0.29) is 11.8 Å². The lowest BCUT2D eigenvalue weighted by Gasteiger charge is -2.23. The van der Waals surface area contributed by atoms with Crippen LogP contribution in [0.2, 0.25) is 0 Å². The van der Waals surface area contributed by atoms with Crippen LogP contribution in [0.3, 0.4) is 0 Å². The Morgan fingerprint density at radius 2 is 1.54 bits per heavy atom. The molecule has 1 saturated carbocycles. The van der Waals surface area contributed by atoms with Gasteiger partial charge in [-0.15, -0.1) is 0 Å². The maximum absolute atomic E-state index is 12.4. The van der Waals surface area contributed by atoms with E-state index < -0.39 is 12.0 Å². The van der Waals surface area contributed by atoms with Crippen molar-refractivity contribution in [3.63, 3.8) is 0 Å². The predicted molar refractivity (Wildman–Crippen MR) is 102 cm³/mol. The van der Waals surface area contributed by atoms with E-state index in [9.17, 15) is 14.7 Å². The highest BCUT2D eigenvalue weighted by atomic mass is 16.4. The number of hydrogen-bond acceptors (Lipinski definition) is 2. The van der Waals surface area contributed by atoms with E-state index >= 15 is 0 Å². The van der Waals surface area contributed by atoms with Crippen LogP contribution in [0.5, 0.6) is 0 Å². The normalized spacial score (nSPS) is 16.0. The Balaban J connectivity index is 1.64. The SMILES string of the molecule is O=C(N[C@H](Cc1ccc(-c2ccccc2)cc1)C(=O)O)C1CCCCC1. The van der Waals surface area contributed by atoms with Crippen LogP contribution in [0, 0.1) is 5.92 Å². The fourth-order valence-corrected chi connectivity index (χ4v) is 3.55. The number of benzene rings is 2. The second kappa shape index (κ2) is 8.65. The van der Waals surface area contributed by atoms with Gasteiger partial charge in [-0.2, -0.15) is 0 Å². The number of carboxylic acids is 1. The van der Waals surface area contributed by atoms with Crippen molar-refractivity contribution in [1.82, 2.24) is 5.32 Å². The van der Waals surface area contributed by atoms with Crippen molar-refractivity contribution in [3.8, 4) is 11.1 Å². The third-order valence-electron chi connectivity index (χ3n) is 5.09. The van der Waals surface area contributed by atoms with E-state index in [4.69, 9.17) is 0 Å². The van der Waals surface area contributed by atoms with Gasteiger partial charge >= 0.3 is 5.97 Å². The van der Waals surface area contributed by atoms with Crippen molar-refractivity contribution >= 4 is 11.9 Å². The van der Waals surface area contributed by atoms with Crippen LogP contribution in [-0.4, -0.2) is 23.0 Å². The number of amides is 1. The fourth-order valence-electron chi connectivity index (χ4n) is 3.55. The number of rotatable bonds is 6. The summed E-state index contributed by atoms with van der Waals surface area (Å²) in [7, 11) is 0. The summed E-state index contributed by atoms with van der Waals surface area (Å²) in [5.41, 5.74) is 3.12. The third kappa shape index (κ3) is 4.72. The molecule has 1 amide bonds. The Morgan fingerprint density at radius 1 is 0.923 bits per heavy atom. The topological polar surface area (TPSA) is 66.4 Å². The molecule has 1 aliphatic carbocycles. The van der Waals surface area contributed by atoms with Crippen LogP contribution in [0.15, 0.2) is 54.6 Å². The second-order valence-corrected chi connectivity index (χ2v) is 7.00. The maximum Gasteiger partial charge on any atom is 0.326 e. The molecule has 0 spiro atoms. The zero-order chi connectivity index (χ0) is 18.4. The quantitative estimate of drug-likeness (QED) is 0.825. The van der Waals surface area contributed by atoms with Gasteiger partial charge in [-0.25, -0.2) is 4.79 Å². The Bertz CT molecular complexity index is 734. The first-order chi connectivity index (χ1) is 12.6. The first kappa shape index (κ1) is 18.2. The van der Waals surface area contributed by atoms with Crippen LogP contribution in [0.4, 0.5) is 0 Å². The number of carbonyl (C=O) groups is 2. The van der Waals surface area contributed by atoms with Gasteiger partial charge in [-0.1, -0.05) is 73.9 Å². The largest absolute Gasteiger partial charge is 0.480 e. The van der Waals surface area contributed by atoms with Crippen molar-refractivity contribution in [2.24, 2.45) is 5.92 Å². The molecule has 0 aliphatic heterocycles. The van der Waals surface area contributed by atoms with E-state index in [0.717, 1.165) is 42.4 Å². The van der Waals surface area contributed by atoms with E-state index in [1.807, 2.05) is 54.6 Å². The summed E-state index contributed by atoms with van der Waals surface area (Å²) < 4.78 is 0. The summed E-state index contributed by atoms with van der Waals surface area (Å²) in [6.07, 6.45) is 5.30. The van der Waals surface area contributed by atoms with Crippen molar-refractivity contribution in [3.05, 3.63) is 60.2 Å². The van der Waals surface area contributed by atoms with E-state index in [2.05, 4.69) is 5.32 Å². The second-order valence-electron chi connectivity index (χ2n) is 7.00. The fraction of sp³-hybridized carbons (Fsp3) is 0.364. The van der Waals surface area contributed by atoms with Crippen LogP contribution in [-0.2, 0) is 16.0 Å². The minimum absolute atomic E-state index is 0.0361. The first-order valence-electron chi connectivity index (χ1n) is 9.31. The van der Waals surface area contributed by atoms with Crippen LogP contribution in [0.1, 0.15) is 37.7 Å². The van der Waals surface area contributed by atoms with Crippen LogP contribution < -0.4 is 5.32 Å². The number of nitrogens with one attached hydrogen (secondary N) is 1. The molecule has 2 aromatic carbocycles. The molecule has 4 heteroatoms. The van der Waals surface area contributed by atoms with Gasteiger partial charge < -0.3 is 10.4 Å². The smallest absolute Gasteiger partial charge is 0.326 e. The van der Waals surface area contributed by atoms with Gasteiger partial charge in [0.05, 0.1) is 0 Å². The first-order valence-corrected chi connectivity index (χ1v) is 9.31. The highest BCUT2D eigenvalue weighted by Gasteiger charge is 2.26. The molecular formula is C22H25NO3. The molecule has 0 radical (unpaired) electrons. The highest BCUT2D eigenvalue weighted by molar-refractivity contribution is 5.85. The molecule has 0 unspecified atom stereocenters. The van der Waals surface area contributed by atoms with Gasteiger partial charge in [0.2, 0.25) is 5.91 Å². The van der Waals surface area contributed by atoms with Crippen molar-refractivity contribution in [2.75, 3.05) is 0 Å². The number of carboxylic acid groups (broad SMARTS) is 1. The highest BCUT2D eigenvalue weighted by Crippen LogP contribution is 2.24. The zero-order valence-electron chi connectivity index (χ0n) is 14.9. The summed E-state index contributed by atoms with van der Waals surface area (Å²) in [6.45, 7) is 0. The minimum atomic E-state index is -0.985. The zero-order valence-corrected chi connectivity index (χ0v) is 14.9. The average Bonchev–Trinajstić information content (AvgIpc) is 2.69. The Labute approximate surface area is 154 Å². The molecule has 1 atom stereocenters. The third-order valence-corrected chi connectivity index (χ3v) is 5.09. The minimum Gasteiger partial charge on any atom is -0.480 e. The lowest BCUT2D eigenvalue weighted by atomic mass is 9.88. The van der Waals surface area contributed by atoms with E-state index in [1.54, 1.807) is 0 Å². The van der Waals surface area contributed by atoms with Crippen LogP contribution >= 0.6 is 0 Å². The summed E-state index contributed by atoms with van der Waals surface area (Å²) in [5, 5.41) is 12.2. The predicted octanol–water partition coefficient (Wildman–Crippen LogP) is 4.05. The van der Waals surface area contributed by atoms with Gasteiger partial charge in [-0.05, 0) is 29.5 Å². The molecule has 3 rings (SSSR count). The van der Waals surface area contributed by atoms with Gasteiger partial charge in [0, 0.05) is 12.3 Å². The molecule has 26 heavy (non-hydrogen) atoms. The monoisotopic (exact) mass is 351 g/mol. The van der Waals surface area contributed by atoms with E-state index in [1.165, 1.54) is 6.42 Å². The number of hydrogen-bond donors (Lipinski definition) is 2.